The summed E-state index contributed by atoms with van der Waals surface area (Å²) in [5, 5.41) is 2.51. The maximum atomic E-state index is 13.1. The molecule has 0 atom stereocenters. The zero-order chi connectivity index (χ0) is 24.4. The van der Waals surface area contributed by atoms with Crippen molar-refractivity contribution < 1.29 is 4.79 Å². The van der Waals surface area contributed by atoms with Crippen molar-refractivity contribution in [2.75, 3.05) is 38.5 Å². The van der Waals surface area contributed by atoms with E-state index >= 15 is 0 Å². The molecule has 0 spiro atoms. The molecular weight excluding hydrogens is 430 g/mol. The highest BCUT2D eigenvalue weighted by Crippen LogP contribution is 2.20. The van der Waals surface area contributed by atoms with Gasteiger partial charge in [0.05, 0.1) is 6.54 Å². The Kier molecular flexibility index (Phi) is 7.00. The lowest BCUT2D eigenvalue weighted by Crippen LogP contribution is -2.49. The van der Waals surface area contributed by atoms with Gasteiger partial charge in [-0.15, -0.1) is 0 Å². The Labute approximate surface area is 199 Å². The Morgan fingerprint density at radius 2 is 1.62 bits per heavy atom. The van der Waals surface area contributed by atoms with Crippen LogP contribution < -0.4 is 17.0 Å². The lowest BCUT2D eigenvalue weighted by molar-refractivity contribution is 0.0842. The van der Waals surface area contributed by atoms with Crippen molar-refractivity contribution in [2.45, 2.75) is 26.9 Å². The maximum Gasteiger partial charge on any atom is 0.332 e. The highest BCUT2D eigenvalue weighted by molar-refractivity contribution is 6.01. The fourth-order valence-corrected chi connectivity index (χ4v) is 4.65. The molecule has 0 amide bonds. The molecule has 4 rings (SSSR count). The number of ketones is 1. The molecule has 2 heterocycles. The summed E-state index contributed by atoms with van der Waals surface area (Å²) in [4.78, 5) is 42.8. The normalized spacial score (nSPS) is 15.3. The van der Waals surface area contributed by atoms with Gasteiger partial charge in [0.25, 0.3) is 5.56 Å². The minimum absolute atomic E-state index is 0.0265. The predicted molar refractivity (Wildman–Crippen MR) is 135 cm³/mol. The van der Waals surface area contributed by atoms with Crippen LogP contribution in [-0.2, 0) is 20.1 Å². The summed E-state index contributed by atoms with van der Waals surface area (Å²) >= 11 is 0. The summed E-state index contributed by atoms with van der Waals surface area (Å²) in [5.74, 6) is -0.213. The number of rotatable bonds is 7. The molecule has 1 saturated heterocycles. The molecule has 180 valence electrons. The van der Waals surface area contributed by atoms with Crippen molar-refractivity contribution in [2.24, 2.45) is 13.0 Å². The molecule has 0 bridgehead atoms. The van der Waals surface area contributed by atoms with E-state index in [0.29, 0.717) is 6.54 Å². The first-order valence-corrected chi connectivity index (χ1v) is 11.8. The van der Waals surface area contributed by atoms with Crippen LogP contribution in [0.1, 0.15) is 29.8 Å². The van der Waals surface area contributed by atoms with E-state index < -0.39 is 11.2 Å². The van der Waals surface area contributed by atoms with E-state index in [1.54, 1.807) is 0 Å². The van der Waals surface area contributed by atoms with E-state index in [1.165, 1.54) is 28.0 Å². The second-order valence-corrected chi connectivity index (χ2v) is 9.53. The number of aromatic nitrogens is 2. The summed E-state index contributed by atoms with van der Waals surface area (Å²) in [6, 6.07) is 14.8. The van der Waals surface area contributed by atoms with Gasteiger partial charge in [-0.3, -0.25) is 28.5 Å². The minimum atomic E-state index is -0.623. The summed E-state index contributed by atoms with van der Waals surface area (Å²) in [7, 11) is 1.39. The minimum Gasteiger partial charge on any atom is -0.384 e. The number of nitrogen functional groups attached to an aromatic ring is 1. The number of hydrogen-bond acceptors (Lipinski definition) is 6. The molecule has 0 aliphatic carbocycles. The Morgan fingerprint density at radius 3 is 2.32 bits per heavy atom. The monoisotopic (exact) mass is 463 g/mol. The van der Waals surface area contributed by atoms with Gasteiger partial charge in [0, 0.05) is 46.3 Å². The molecule has 2 N–H and O–H groups in total. The van der Waals surface area contributed by atoms with Crippen LogP contribution in [0.4, 0.5) is 5.82 Å². The number of nitrogens with zero attached hydrogens (tertiary/aromatic N) is 4. The standard InChI is InChI=1S/C26H33N5O3/c1-18(2)15-31-24(27)23(25(33)28(3)26(31)34)22(32)17-30-13-11-29(12-14-30)16-20-9-6-8-19-7-4-5-10-21(19)20/h4-10,18H,11-17,27H2,1-3H3. The molecule has 8 nitrogen and oxygen atoms in total. The number of carbonyl (C=O) groups excluding carboxylic acids is 1. The number of anilines is 1. The second-order valence-electron chi connectivity index (χ2n) is 9.53. The predicted octanol–water partition coefficient (Wildman–Crippen LogP) is 1.94. The zero-order valence-corrected chi connectivity index (χ0v) is 20.2. The Hall–Kier alpha value is -3.23. The van der Waals surface area contributed by atoms with Gasteiger partial charge in [-0.1, -0.05) is 56.3 Å². The van der Waals surface area contributed by atoms with Crippen LogP contribution in [0, 0.1) is 5.92 Å². The van der Waals surface area contributed by atoms with Crippen LogP contribution in [0.2, 0.25) is 0 Å². The van der Waals surface area contributed by atoms with Gasteiger partial charge in [0.2, 0.25) is 0 Å². The molecule has 34 heavy (non-hydrogen) atoms. The average molecular weight is 464 g/mol. The van der Waals surface area contributed by atoms with Gasteiger partial charge in [0.1, 0.15) is 11.4 Å². The third kappa shape index (κ3) is 4.83. The lowest BCUT2D eigenvalue weighted by atomic mass is 10.0. The van der Waals surface area contributed by atoms with E-state index in [4.69, 9.17) is 5.73 Å². The van der Waals surface area contributed by atoms with Gasteiger partial charge in [-0.2, -0.15) is 0 Å². The number of Topliss-reactive ketones (excluding diaryl/α,β-unsaturated/α-hetero) is 1. The van der Waals surface area contributed by atoms with E-state index in [-0.39, 0.29) is 29.6 Å². The fraction of sp³-hybridized carbons (Fsp3) is 0.423. The van der Waals surface area contributed by atoms with Crippen molar-refractivity contribution in [3.63, 3.8) is 0 Å². The van der Waals surface area contributed by atoms with Crippen LogP contribution in [0.25, 0.3) is 10.8 Å². The van der Waals surface area contributed by atoms with Gasteiger partial charge >= 0.3 is 5.69 Å². The van der Waals surface area contributed by atoms with Crippen LogP contribution in [0.15, 0.2) is 52.1 Å². The zero-order valence-electron chi connectivity index (χ0n) is 20.2. The first-order chi connectivity index (χ1) is 16.3. The molecule has 2 aromatic carbocycles. The molecule has 1 aliphatic heterocycles. The highest BCUT2D eigenvalue weighted by Gasteiger charge is 2.25. The first-order valence-electron chi connectivity index (χ1n) is 11.8. The Morgan fingerprint density at radius 1 is 0.971 bits per heavy atom. The van der Waals surface area contributed by atoms with Crippen molar-refractivity contribution >= 4 is 22.4 Å². The number of fused-ring (bicyclic) bond motifs is 1. The van der Waals surface area contributed by atoms with E-state index in [0.717, 1.165) is 37.3 Å². The third-order valence-corrected chi connectivity index (χ3v) is 6.52. The van der Waals surface area contributed by atoms with Crippen molar-refractivity contribution in [3.05, 3.63) is 74.4 Å². The number of hydrogen-bond donors (Lipinski definition) is 1. The van der Waals surface area contributed by atoms with Gasteiger partial charge in [0.15, 0.2) is 5.78 Å². The van der Waals surface area contributed by atoms with Crippen molar-refractivity contribution in [1.82, 2.24) is 18.9 Å². The summed E-state index contributed by atoms with van der Waals surface area (Å²) in [6.07, 6.45) is 0. The maximum absolute atomic E-state index is 13.1. The van der Waals surface area contributed by atoms with Crippen molar-refractivity contribution in [3.8, 4) is 0 Å². The molecular formula is C26H33N5O3. The van der Waals surface area contributed by atoms with Crippen LogP contribution in [0.5, 0.6) is 0 Å². The molecule has 0 radical (unpaired) electrons. The quantitative estimate of drug-likeness (QED) is 0.539. The molecule has 0 unspecified atom stereocenters. The second kappa shape index (κ2) is 9.95. The number of piperazine rings is 1. The topological polar surface area (TPSA) is 93.6 Å². The molecule has 3 aromatic rings. The molecule has 1 aliphatic rings. The first kappa shape index (κ1) is 23.9. The largest absolute Gasteiger partial charge is 0.384 e. The van der Waals surface area contributed by atoms with Gasteiger partial charge in [-0.25, -0.2) is 4.79 Å². The van der Waals surface area contributed by atoms with Crippen LogP contribution in [-0.4, -0.2) is 57.4 Å². The highest BCUT2D eigenvalue weighted by atomic mass is 16.2. The van der Waals surface area contributed by atoms with Gasteiger partial charge in [-0.05, 0) is 22.3 Å². The number of nitrogens with two attached hydrogens (primary N) is 1. The summed E-state index contributed by atoms with van der Waals surface area (Å²) in [5.41, 5.74) is 6.26. The molecule has 8 heteroatoms. The third-order valence-electron chi connectivity index (χ3n) is 6.52. The number of benzene rings is 2. The molecule has 1 fully saturated rings. The van der Waals surface area contributed by atoms with E-state index in [9.17, 15) is 14.4 Å². The summed E-state index contributed by atoms with van der Waals surface area (Å²) in [6.45, 7) is 8.34. The molecule has 1 aromatic heterocycles. The van der Waals surface area contributed by atoms with Gasteiger partial charge < -0.3 is 5.73 Å². The average Bonchev–Trinajstić information content (AvgIpc) is 2.82. The Bertz CT molecular complexity index is 1310. The SMILES string of the molecule is CC(C)Cn1c(N)c(C(=O)CN2CCN(Cc3cccc4ccccc34)CC2)c(=O)n(C)c1=O. The Balaban J connectivity index is 1.44. The van der Waals surface area contributed by atoms with E-state index in [1.807, 2.05) is 13.8 Å². The lowest BCUT2D eigenvalue weighted by Gasteiger charge is -2.34. The molecule has 0 saturated carbocycles. The van der Waals surface area contributed by atoms with E-state index in [2.05, 4.69) is 52.3 Å². The van der Waals surface area contributed by atoms with Crippen LogP contribution >= 0.6 is 0 Å². The smallest absolute Gasteiger partial charge is 0.332 e. The van der Waals surface area contributed by atoms with Crippen molar-refractivity contribution in [1.29, 1.82) is 0 Å². The fourth-order valence-electron chi connectivity index (χ4n) is 4.65. The summed E-state index contributed by atoms with van der Waals surface area (Å²) < 4.78 is 2.31. The van der Waals surface area contributed by atoms with Crippen LogP contribution in [0.3, 0.4) is 0 Å². The number of carbonyl (C=O) groups is 1.